The molecule has 2 N–H and O–H groups in total. The van der Waals surface area contributed by atoms with Crippen LogP contribution in [0.1, 0.15) is 31.2 Å². The lowest BCUT2D eigenvalue weighted by molar-refractivity contribution is 0.282. The van der Waals surface area contributed by atoms with Crippen LogP contribution in [0.3, 0.4) is 0 Å². The highest BCUT2D eigenvalue weighted by Crippen LogP contribution is 2.31. The number of hydrogen-bond donors (Lipinski definition) is 2. The summed E-state index contributed by atoms with van der Waals surface area (Å²) in [6, 6.07) is 14.6. The van der Waals surface area contributed by atoms with Gasteiger partial charge in [-0.25, -0.2) is 4.98 Å². The van der Waals surface area contributed by atoms with Crippen molar-refractivity contribution in [1.29, 1.82) is 0 Å². The molecular weight excluding hydrogens is 286 g/mol. The summed E-state index contributed by atoms with van der Waals surface area (Å²) < 4.78 is 2.13. The van der Waals surface area contributed by atoms with Gasteiger partial charge in [0.15, 0.2) is 0 Å². The number of pyridine rings is 1. The van der Waals surface area contributed by atoms with Crippen LogP contribution in [0.15, 0.2) is 48.7 Å². The van der Waals surface area contributed by atoms with E-state index in [0.29, 0.717) is 6.04 Å². The number of nitrogens with one attached hydrogen (secondary N) is 1. The van der Waals surface area contributed by atoms with E-state index in [-0.39, 0.29) is 6.61 Å². The van der Waals surface area contributed by atoms with E-state index >= 15 is 0 Å². The summed E-state index contributed by atoms with van der Waals surface area (Å²) in [4.78, 5) is 4.82. The number of rotatable bonds is 4. The van der Waals surface area contributed by atoms with Gasteiger partial charge in [-0.1, -0.05) is 43.2 Å². The molecule has 118 valence electrons. The quantitative estimate of drug-likeness (QED) is 0.770. The van der Waals surface area contributed by atoms with Gasteiger partial charge in [-0.05, 0) is 30.5 Å². The zero-order chi connectivity index (χ0) is 15.6. The number of nitrogens with zero attached hydrogens (tertiary/aromatic N) is 2. The minimum absolute atomic E-state index is 0.0681. The predicted octanol–water partition coefficient (Wildman–Crippen LogP) is 3.85. The summed E-state index contributed by atoms with van der Waals surface area (Å²) >= 11 is 0. The van der Waals surface area contributed by atoms with Crippen LogP contribution in [0.2, 0.25) is 0 Å². The number of hydrogen-bond acceptors (Lipinski definition) is 3. The molecule has 0 saturated heterocycles. The minimum atomic E-state index is 0.0681. The second kappa shape index (κ2) is 6.05. The van der Waals surface area contributed by atoms with Gasteiger partial charge >= 0.3 is 0 Å². The molecule has 0 amide bonds. The normalized spacial score (nSPS) is 15.3. The lowest BCUT2D eigenvalue weighted by atomic mass is 10.1. The Morgan fingerprint density at radius 2 is 1.87 bits per heavy atom. The molecule has 0 aliphatic heterocycles. The number of aromatic nitrogens is 2. The zero-order valence-corrected chi connectivity index (χ0v) is 13.1. The smallest absolute Gasteiger partial charge is 0.139 e. The topological polar surface area (TPSA) is 49.6 Å². The average molecular weight is 307 g/mol. The molecule has 1 aliphatic carbocycles. The van der Waals surface area contributed by atoms with E-state index in [9.17, 15) is 5.11 Å². The minimum Gasteiger partial charge on any atom is -0.392 e. The molecule has 1 aliphatic rings. The molecule has 1 saturated carbocycles. The van der Waals surface area contributed by atoms with Gasteiger partial charge in [-0.15, -0.1) is 0 Å². The van der Waals surface area contributed by atoms with Crippen LogP contribution in [-0.2, 0) is 6.61 Å². The van der Waals surface area contributed by atoms with Crippen molar-refractivity contribution in [3.8, 4) is 11.3 Å². The fraction of sp³-hybridized carbons (Fsp3) is 0.316. The van der Waals surface area contributed by atoms with E-state index < -0.39 is 0 Å². The Kier molecular flexibility index (Phi) is 3.75. The number of anilines is 1. The number of benzene rings is 1. The van der Waals surface area contributed by atoms with Crippen molar-refractivity contribution in [2.75, 3.05) is 5.32 Å². The number of fused-ring (bicyclic) bond motifs is 1. The lowest BCUT2D eigenvalue weighted by Gasteiger charge is -2.15. The van der Waals surface area contributed by atoms with Crippen LogP contribution in [0.25, 0.3) is 16.9 Å². The van der Waals surface area contributed by atoms with Crippen molar-refractivity contribution in [2.24, 2.45) is 0 Å². The summed E-state index contributed by atoms with van der Waals surface area (Å²) in [5.41, 5.74) is 3.93. The Hall–Kier alpha value is -2.33. The molecule has 1 aromatic carbocycles. The Morgan fingerprint density at radius 3 is 2.61 bits per heavy atom. The predicted molar refractivity (Wildman–Crippen MR) is 92.4 cm³/mol. The zero-order valence-electron chi connectivity index (χ0n) is 13.1. The third kappa shape index (κ3) is 2.70. The highest BCUT2D eigenvalue weighted by molar-refractivity contribution is 5.76. The van der Waals surface area contributed by atoms with E-state index in [4.69, 9.17) is 4.98 Å². The standard InChI is InChI=1S/C19H21N3O/c23-13-14-8-10-15(11-9-14)18-19(20-16-5-1-2-6-16)22-12-4-3-7-17(22)21-18/h3-4,7-12,16,20,23H,1-2,5-6,13H2. The van der Waals surface area contributed by atoms with Gasteiger partial charge < -0.3 is 10.4 Å². The first-order valence-corrected chi connectivity index (χ1v) is 8.29. The van der Waals surface area contributed by atoms with Crippen molar-refractivity contribution < 1.29 is 5.11 Å². The van der Waals surface area contributed by atoms with Crippen molar-refractivity contribution in [1.82, 2.24) is 9.38 Å². The molecule has 2 heterocycles. The molecular formula is C19H21N3O. The largest absolute Gasteiger partial charge is 0.392 e. The van der Waals surface area contributed by atoms with E-state index in [1.807, 2.05) is 42.5 Å². The Bertz CT molecular complexity index is 801. The molecule has 1 fully saturated rings. The summed E-state index contributed by atoms with van der Waals surface area (Å²) in [7, 11) is 0. The highest BCUT2D eigenvalue weighted by atomic mass is 16.3. The molecule has 4 rings (SSSR count). The van der Waals surface area contributed by atoms with Gasteiger partial charge in [0, 0.05) is 17.8 Å². The molecule has 0 unspecified atom stereocenters. The average Bonchev–Trinajstić information content (AvgIpc) is 3.24. The van der Waals surface area contributed by atoms with Crippen LogP contribution in [0.4, 0.5) is 5.82 Å². The SMILES string of the molecule is OCc1ccc(-c2nc3ccccn3c2NC2CCCC2)cc1. The van der Waals surface area contributed by atoms with Gasteiger partial charge in [-0.2, -0.15) is 0 Å². The molecule has 4 nitrogen and oxygen atoms in total. The van der Waals surface area contributed by atoms with E-state index in [1.165, 1.54) is 25.7 Å². The monoisotopic (exact) mass is 307 g/mol. The molecule has 0 radical (unpaired) electrons. The maximum absolute atomic E-state index is 9.23. The fourth-order valence-electron chi connectivity index (χ4n) is 3.37. The van der Waals surface area contributed by atoms with Gasteiger partial charge in [0.05, 0.1) is 6.61 Å². The second-order valence-electron chi connectivity index (χ2n) is 6.22. The Labute approximate surface area is 135 Å². The maximum atomic E-state index is 9.23. The van der Waals surface area contributed by atoms with E-state index in [0.717, 1.165) is 28.3 Å². The van der Waals surface area contributed by atoms with Gasteiger partial charge in [0.2, 0.25) is 0 Å². The van der Waals surface area contributed by atoms with Crippen LogP contribution in [0.5, 0.6) is 0 Å². The summed E-state index contributed by atoms with van der Waals surface area (Å²) in [6.45, 7) is 0.0681. The van der Waals surface area contributed by atoms with Crippen LogP contribution < -0.4 is 5.32 Å². The number of imidazole rings is 1. The summed E-state index contributed by atoms with van der Waals surface area (Å²) in [5, 5.41) is 12.9. The maximum Gasteiger partial charge on any atom is 0.139 e. The van der Waals surface area contributed by atoms with Crippen LogP contribution in [0, 0.1) is 0 Å². The first-order valence-electron chi connectivity index (χ1n) is 8.29. The Balaban J connectivity index is 1.79. The fourth-order valence-corrected chi connectivity index (χ4v) is 3.37. The third-order valence-corrected chi connectivity index (χ3v) is 4.64. The molecule has 2 aromatic heterocycles. The molecule has 0 atom stereocenters. The van der Waals surface area contributed by atoms with Gasteiger partial charge in [-0.3, -0.25) is 4.40 Å². The van der Waals surface area contributed by atoms with Crippen molar-refractivity contribution >= 4 is 11.5 Å². The van der Waals surface area contributed by atoms with Gasteiger partial charge in [0.1, 0.15) is 17.2 Å². The molecule has 23 heavy (non-hydrogen) atoms. The van der Waals surface area contributed by atoms with E-state index in [2.05, 4.69) is 15.9 Å². The number of aliphatic hydroxyl groups is 1. The highest BCUT2D eigenvalue weighted by Gasteiger charge is 2.20. The van der Waals surface area contributed by atoms with Crippen molar-refractivity contribution in [2.45, 2.75) is 38.3 Å². The van der Waals surface area contributed by atoms with Crippen molar-refractivity contribution in [3.05, 3.63) is 54.2 Å². The third-order valence-electron chi connectivity index (χ3n) is 4.64. The lowest BCUT2D eigenvalue weighted by Crippen LogP contribution is -2.16. The summed E-state index contributed by atoms with van der Waals surface area (Å²) in [5.74, 6) is 1.07. The van der Waals surface area contributed by atoms with Crippen molar-refractivity contribution in [3.63, 3.8) is 0 Å². The van der Waals surface area contributed by atoms with Crippen LogP contribution in [-0.4, -0.2) is 20.5 Å². The van der Waals surface area contributed by atoms with Gasteiger partial charge in [0.25, 0.3) is 0 Å². The second-order valence-corrected chi connectivity index (χ2v) is 6.22. The van der Waals surface area contributed by atoms with Crippen LogP contribution >= 0.6 is 0 Å². The summed E-state index contributed by atoms with van der Waals surface area (Å²) in [6.07, 6.45) is 7.11. The first kappa shape index (κ1) is 14.3. The molecule has 0 spiro atoms. The number of aliphatic hydroxyl groups excluding tert-OH is 1. The van der Waals surface area contributed by atoms with E-state index in [1.54, 1.807) is 0 Å². The first-order chi connectivity index (χ1) is 11.3. The molecule has 4 heteroatoms. The molecule has 3 aromatic rings. The Morgan fingerprint density at radius 1 is 1.09 bits per heavy atom. The molecule has 0 bridgehead atoms.